The standard InChI is InChI=1S/C20H19BrN2O4S/c1-11-9-14(12(2)22(11)16-7-5-15(21)6-8-16)10-17-18(24)23(20(26)28-17)13(3)19(25)27-4/h5-10,13H,1-4H3/b17-10-/t13-/m0/s1. The molecule has 1 aromatic carbocycles. The van der Waals surface area contributed by atoms with E-state index in [1.54, 1.807) is 6.08 Å². The number of aryl methyl sites for hydroxylation is 1. The number of imide groups is 1. The van der Waals surface area contributed by atoms with E-state index in [0.29, 0.717) is 0 Å². The first kappa shape index (κ1) is 20.4. The maximum atomic E-state index is 12.7. The van der Waals surface area contributed by atoms with Crippen molar-refractivity contribution in [3.63, 3.8) is 0 Å². The molecule has 0 spiro atoms. The molecule has 0 radical (unpaired) electrons. The Morgan fingerprint density at radius 3 is 2.46 bits per heavy atom. The predicted molar refractivity (Wildman–Crippen MR) is 112 cm³/mol. The molecule has 6 nitrogen and oxygen atoms in total. The molecule has 1 aliphatic heterocycles. The number of carbonyl (C=O) groups excluding carboxylic acids is 3. The molecule has 1 aliphatic rings. The highest BCUT2D eigenvalue weighted by Gasteiger charge is 2.41. The first-order valence-corrected chi connectivity index (χ1v) is 10.1. The lowest BCUT2D eigenvalue weighted by atomic mass is 10.2. The highest BCUT2D eigenvalue weighted by atomic mass is 79.9. The molecule has 0 saturated carbocycles. The molecule has 28 heavy (non-hydrogen) atoms. The Balaban J connectivity index is 1.95. The average Bonchev–Trinajstić information content (AvgIpc) is 3.10. The van der Waals surface area contributed by atoms with Gasteiger partial charge in [-0.05, 0) is 74.5 Å². The molecular weight excluding hydrogens is 444 g/mol. The van der Waals surface area contributed by atoms with Crippen LogP contribution in [0.1, 0.15) is 23.9 Å². The van der Waals surface area contributed by atoms with Crippen molar-refractivity contribution >= 4 is 50.9 Å². The largest absolute Gasteiger partial charge is 0.467 e. The third-order valence-corrected chi connectivity index (χ3v) is 6.01. The maximum Gasteiger partial charge on any atom is 0.328 e. The van der Waals surface area contributed by atoms with E-state index in [-0.39, 0.29) is 4.91 Å². The van der Waals surface area contributed by atoms with Crippen LogP contribution < -0.4 is 0 Å². The quantitative estimate of drug-likeness (QED) is 0.495. The van der Waals surface area contributed by atoms with Crippen LogP contribution in [0.3, 0.4) is 0 Å². The number of rotatable bonds is 4. The number of amides is 2. The van der Waals surface area contributed by atoms with Gasteiger partial charge in [-0.3, -0.25) is 14.5 Å². The summed E-state index contributed by atoms with van der Waals surface area (Å²) in [4.78, 5) is 37.9. The van der Waals surface area contributed by atoms with Crippen LogP contribution in [0.5, 0.6) is 0 Å². The van der Waals surface area contributed by atoms with Crippen molar-refractivity contribution in [2.75, 3.05) is 7.11 Å². The van der Waals surface area contributed by atoms with Crippen LogP contribution in [-0.2, 0) is 14.3 Å². The summed E-state index contributed by atoms with van der Waals surface area (Å²) in [6.45, 7) is 5.42. The van der Waals surface area contributed by atoms with Gasteiger partial charge in [0.1, 0.15) is 6.04 Å². The summed E-state index contributed by atoms with van der Waals surface area (Å²) < 4.78 is 7.73. The molecule has 1 atom stereocenters. The summed E-state index contributed by atoms with van der Waals surface area (Å²) in [5.74, 6) is -1.11. The van der Waals surface area contributed by atoms with Crippen LogP contribution in [0, 0.1) is 13.8 Å². The highest BCUT2D eigenvalue weighted by molar-refractivity contribution is 9.10. The number of methoxy groups -OCH3 is 1. The van der Waals surface area contributed by atoms with E-state index in [2.05, 4.69) is 25.2 Å². The molecule has 1 saturated heterocycles. The van der Waals surface area contributed by atoms with Crippen molar-refractivity contribution in [1.82, 2.24) is 9.47 Å². The number of hydrogen-bond acceptors (Lipinski definition) is 5. The fourth-order valence-electron chi connectivity index (χ4n) is 3.15. The van der Waals surface area contributed by atoms with Crippen molar-refractivity contribution in [2.24, 2.45) is 0 Å². The molecule has 8 heteroatoms. The second-order valence-electron chi connectivity index (χ2n) is 6.39. The van der Waals surface area contributed by atoms with Crippen molar-refractivity contribution < 1.29 is 19.1 Å². The minimum absolute atomic E-state index is 0.289. The van der Waals surface area contributed by atoms with Gasteiger partial charge in [0, 0.05) is 21.5 Å². The fraction of sp³-hybridized carbons (Fsp3) is 0.250. The average molecular weight is 463 g/mol. The molecule has 2 heterocycles. The summed E-state index contributed by atoms with van der Waals surface area (Å²) in [5.41, 5.74) is 3.81. The van der Waals surface area contributed by atoms with Crippen LogP contribution >= 0.6 is 27.7 Å². The van der Waals surface area contributed by atoms with E-state index < -0.39 is 23.2 Å². The first-order chi connectivity index (χ1) is 13.2. The Labute approximate surface area is 175 Å². The smallest absolute Gasteiger partial charge is 0.328 e. The van der Waals surface area contributed by atoms with Crippen LogP contribution in [0.25, 0.3) is 11.8 Å². The Bertz CT molecular complexity index is 994. The van der Waals surface area contributed by atoms with Crippen LogP contribution in [0.2, 0.25) is 0 Å². The second-order valence-corrected chi connectivity index (χ2v) is 8.30. The number of ether oxygens (including phenoxy) is 1. The van der Waals surface area contributed by atoms with Gasteiger partial charge < -0.3 is 9.30 Å². The number of esters is 1. The fourth-order valence-corrected chi connectivity index (χ4v) is 4.32. The molecule has 2 amide bonds. The minimum Gasteiger partial charge on any atom is -0.467 e. The Morgan fingerprint density at radius 1 is 1.21 bits per heavy atom. The molecule has 1 fully saturated rings. The van der Waals surface area contributed by atoms with E-state index in [1.165, 1.54) is 14.0 Å². The molecule has 1 aromatic heterocycles. The molecule has 0 unspecified atom stereocenters. The molecule has 3 rings (SSSR count). The number of nitrogens with zero attached hydrogens (tertiary/aromatic N) is 2. The van der Waals surface area contributed by atoms with Gasteiger partial charge in [-0.25, -0.2) is 4.79 Å². The zero-order valence-corrected chi connectivity index (χ0v) is 18.3. The topological polar surface area (TPSA) is 68.6 Å². The van der Waals surface area contributed by atoms with Crippen molar-refractivity contribution in [3.8, 4) is 5.69 Å². The Hall–Kier alpha value is -2.32. The number of benzene rings is 1. The van der Waals surface area contributed by atoms with E-state index in [1.807, 2.05) is 44.2 Å². The highest BCUT2D eigenvalue weighted by Crippen LogP contribution is 2.35. The lowest BCUT2D eigenvalue weighted by Gasteiger charge is -2.18. The molecule has 146 valence electrons. The number of hydrogen-bond donors (Lipinski definition) is 0. The molecule has 0 N–H and O–H groups in total. The lowest BCUT2D eigenvalue weighted by Crippen LogP contribution is -2.42. The van der Waals surface area contributed by atoms with Crippen LogP contribution in [-0.4, -0.2) is 39.7 Å². The second kappa shape index (κ2) is 7.97. The van der Waals surface area contributed by atoms with Gasteiger partial charge in [-0.15, -0.1) is 0 Å². The van der Waals surface area contributed by atoms with Gasteiger partial charge in [0.2, 0.25) is 0 Å². The number of aromatic nitrogens is 1. The molecule has 0 aliphatic carbocycles. The monoisotopic (exact) mass is 462 g/mol. The van der Waals surface area contributed by atoms with E-state index in [9.17, 15) is 14.4 Å². The summed E-state index contributed by atoms with van der Waals surface area (Å²) in [6.07, 6.45) is 1.70. The predicted octanol–water partition coefficient (Wildman–Crippen LogP) is 4.45. The van der Waals surface area contributed by atoms with E-state index >= 15 is 0 Å². The van der Waals surface area contributed by atoms with Gasteiger partial charge in [0.25, 0.3) is 11.1 Å². The summed E-state index contributed by atoms with van der Waals surface area (Å²) in [7, 11) is 1.23. The normalized spacial score (nSPS) is 16.8. The molecule has 0 bridgehead atoms. The number of halogens is 1. The van der Waals surface area contributed by atoms with Crippen LogP contribution in [0.4, 0.5) is 4.79 Å². The number of carbonyl (C=O) groups is 3. The van der Waals surface area contributed by atoms with Gasteiger partial charge >= 0.3 is 5.97 Å². The van der Waals surface area contributed by atoms with E-state index in [4.69, 9.17) is 0 Å². The zero-order valence-electron chi connectivity index (χ0n) is 15.9. The first-order valence-electron chi connectivity index (χ1n) is 8.54. The Morgan fingerprint density at radius 2 is 1.86 bits per heavy atom. The van der Waals surface area contributed by atoms with Crippen molar-refractivity contribution in [2.45, 2.75) is 26.8 Å². The summed E-state index contributed by atoms with van der Waals surface area (Å²) >= 11 is 4.26. The maximum absolute atomic E-state index is 12.7. The SMILES string of the molecule is COC(=O)[C@H](C)N1C(=O)S/C(=C\c2cc(C)n(-c3ccc(Br)cc3)c2C)C1=O. The summed E-state index contributed by atoms with van der Waals surface area (Å²) in [6, 6.07) is 8.94. The van der Waals surface area contributed by atoms with Gasteiger partial charge in [0.05, 0.1) is 12.0 Å². The Kier molecular flexibility index (Phi) is 5.81. The van der Waals surface area contributed by atoms with Crippen LogP contribution in [0.15, 0.2) is 39.7 Å². The lowest BCUT2D eigenvalue weighted by molar-refractivity contribution is -0.148. The summed E-state index contributed by atoms with van der Waals surface area (Å²) in [5, 5.41) is -0.476. The molecule has 2 aromatic rings. The van der Waals surface area contributed by atoms with Gasteiger partial charge in [-0.2, -0.15) is 0 Å². The van der Waals surface area contributed by atoms with Gasteiger partial charge in [0.15, 0.2) is 0 Å². The third-order valence-electron chi connectivity index (χ3n) is 4.59. The van der Waals surface area contributed by atoms with Gasteiger partial charge in [-0.1, -0.05) is 15.9 Å². The van der Waals surface area contributed by atoms with E-state index in [0.717, 1.165) is 43.8 Å². The van der Waals surface area contributed by atoms with Crippen molar-refractivity contribution in [3.05, 3.63) is 56.7 Å². The zero-order chi connectivity index (χ0) is 20.6. The molecular formula is C20H19BrN2O4S. The third kappa shape index (κ3) is 3.66. The number of thioether (sulfide) groups is 1. The minimum atomic E-state index is -0.960. The van der Waals surface area contributed by atoms with Crippen molar-refractivity contribution in [1.29, 1.82) is 0 Å².